The molecule has 0 spiro atoms. The third kappa shape index (κ3) is 5.95. The molecule has 214 valence electrons. The number of carbonyl (C=O) groups excluding carboxylic acids is 1. The first-order chi connectivity index (χ1) is 21.0. The molecule has 0 bridgehead atoms. The second-order valence-corrected chi connectivity index (χ2v) is 10.2. The van der Waals surface area contributed by atoms with Crippen LogP contribution in [0, 0.1) is 0 Å². The van der Waals surface area contributed by atoms with Crippen molar-refractivity contribution < 1.29 is 19.4 Å². The van der Waals surface area contributed by atoms with Gasteiger partial charge in [0.05, 0.1) is 17.3 Å². The quantitative estimate of drug-likeness (QED) is 0.186. The Morgan fingerprint density at radius 2 is 1.70 bits per heavy atom. The lowest BCUT2D eigenvalue weighted by atomic mass is 10.0. The number of carboxylic acids is 1. The van der Waals surface area contributed by atoms with Gasteiger partial charge in [-0.15, -0.1) is 0 Å². The zero-order valence-corrected chi connectivity index (χ0v) is 23.6. The fourth-order valence-electron chi connectivity index (χ4n) is 5.16. The minimum absolute atomic E-state index is 0.111. The molecule has 10 heteroatoms. The van der Waals surface area contributed by atoms with Crippen LogP contribution in [-0.4, -0.2) is 38.3 Å². The fourth-order valence-corrected chi connectivity index (χ4v) is 5.51. The number of hydrogen-bond donors (Lipinski definition) is 3. The summed E-state index contributed by atoms with van der Waals surface area (Å²) in [6.07, 6.45) is 3.65. The van der Waals surface area contributed by atoms with Crippen LogP contribution in [0.15, 0.2) is 122 Å². The standard InChI is InChI=1S/C33H27N5O4S/c39-29(21-42-26-10-2-1-3-11-26)35-23-14-16-24(17-15-23)38-31(30(36-33(38)43)27-12-4-5-18-34-27)28-13-7-19-37(28)25-9-6-8-22(20-25)32(40)41/h1-20,30-31H,21H2,(H,35,39)(H,36,43)(H,40,41). The molecule has 2 atom stereocenters. The van der Waals surface area contributed by atoms with Crippen LogP contribution in [0.3, 0.4) is 0 Å². The first-order valence-electron chi connectivity index (χ1n) is 13.6. The number of ether oxygens (including phenoxy) is 1. The predicted molar refractivity (Wildman–Crippen MR) is 168 cm³/mol. The van der Waals surface area contributed by atoms with Crippen LogP contribution in [0.25, 0.3) is 5.69 Å². The van der Waals surface area contributed by atoms with Crippen molar-refractivity contribution in [1.29, 1.82) is 0 Å². The smallest absolute Gasteiger partial charge is 0.335 e. The third-order valence-electron chi connectivity index (χ3n) is 7.10. The minimum atomic E-state index is -0.994. The summed E-state index contributed by atoms with van der Waals surface area (Å²) < 4.78 is 7.52. The number of benzene rings is 3. The summed E-state index contributed by atoms with van der Waals surface area (Å²) in [5, 5.41) is 16.4. The van der Waals surface area contributed by atoms with Gasteiger partial charge in [0.25, 0.3) is 5.91 Å². The molecule has 3 aromatic carbocycles. The molecular weight excluding hydrogens is 562 g/mol. The highest BCUT2D eigenvalue weighted by Gasteiger charge is 2.42. The Bertz CT molecular complexity index is 1760. The van der Waals surface area contributed by atoms with Gasteiger partial charge in [0, 0.05) is 35.1 Å². The molecule has 1 aliphatic rings. The average Bonchev–Trinajstić information content (AvgIpc) is 3.66. The number of amides is 1. The summed E-state index contributed by atoms with van der Waals surface area (Å²) in [6, 6.07) is 32.5. The van der Waals surface area contributed by atoms with Gasteiger partial charge in [-0.05, 0) is 91.1 Å². The van der Waals surface area contributed by atoms with Crippen molar-refractivity contribution >= 4 is 40.6 Å². The number of carboxylic acid groups (broad SMARTS) is 1. The number of carbonyl (C=O) groups is 2. The van der Waals surface area contributed by atoms with Gasteiger partial charge in [0.1, 0.15) is 11.8 Å². The maximum Gasteiger partial charge on any atom is 0.335 e. The molecule has 43 heavy (non-hydrogen) atoms. The van der Waals surface area contributed by atoms with E-state index >= 15 is 0 Å². The summed E-state index contributed by atoms with van der Waals surface area (Å²) >= 11 is 5.86. The van der Waals surface area contributed by atoms with E-state index in [9.17, 15) is 14.7 Å². The zero-order chi connectivity index (χ0) is 29.8. The maximum atomic E-state index is 12.5. The number of para-hydroxylation sites is 1. The SMILES string of the molecule is O=C(COc1ccccc1)Nc1ccc(N2C(=S)NC(c3ccccn3)C2c2cccn2-c2cccc(C(=O)O)c2)cc1. The van der Waals surface area contributed by atoms with Crippen molar-refractivity contribution in [2.24, 2.45) is 0 Å². The molecule has 1 saturated heterocycles. The maximum absolute atomic E-state index is 12.5. The Hall–Kier alpha value is -5.48. The third-order valence-corrected chi connectivity index (χ3v) is 7.41. The Morgan fingerprint density at radius 1 is 0.907 bits per heavy atom. The lowest BCUT2D eigenvalue weighted by Gasteiger charge is -2.29. The number of hydrogen-bond acceptors (Lipinski definition) is 5. The van der Waals surface area contributed by atoms with Gasteiger partial charge in [-0.2, -0.15) is 0 Å². The molecule has 1 fully saturated rings. The lowest BCUT2D eigenvalue weighted by molar-refractivity contribution is -0.118. The first-order valence-corrected chi connectivity index (χ1v) is 14.0. The highest BCUT2D eigenvalue weighted by Crippen LogP contribution is 2.42. The largest absolute Gasteiger partial charge is 0.484 e. The second-order valence-electron chi connectivity index (χ2n) is 9.85. The minimum Gasteiger partial charge on any atom is -0.484 e. The van der Waals surface area contributed by atoms with Gasteiger partial charge in [-0.3, -0.25) is 9.78 Å². The van der Waals surface area contributed by atoms with E-state index < -0.39 is 5.97 Å². The van der Waals surface area contributed by atoms with Crippen LogP contribution in [0.2, 0.25) is 0 Å². The molecular formula is C33H27N5O4S. The van der Waals surface area contributed by atoms with Gasteiger partial charge in [0.2, 0.25) is 0 Å². The van der Waals surface area contributed by atoms with Crippen molar-refractivity contribution in [2.75, 3.05) is 16.8 Å². The van der Waals surface area contributed by atoms with E-state index in [0.717, 1.165) is 17.1 Å². The van der Waals surface area contributed by atoms with Crippen LogP contribution in [-0.2, 0) is 4.79 Å². The number of aromatic carboxylic acids is 1. The van der Waals surface area contributed by atoms with E-state index in [-0.39, 0.29) is 30.2 Å². The molecule has 3 N–H and O–H groups in total. The monoisotopic (exact) mass is 589 g/mol. The molecule has 1 aliphatic heterocycles. The number of aromatic nitrogens is 2. The first kappa shape index (κ1) is 27.7. The van der Waals surface area contributed by atoms with Crippen LogP contribution in [0.5, 0.6) is 5.75 Å². The topological polar surface area (TPSA) is 109 Å². The molecule has 6 rings (SSSR count). The number of anilines is 2. The van der Waals surface area contributed by atoms with Crippen molar-refractivity contribution in [3.8, 4) is 11.4 Å². The van der Waals surface area contributed by atoms with Crippen LogP contribution in [0.1, 0.15) is 33.8 Å². The van der Waals surface area contributed by atoms with Crippen molar-refractivity contribution in [2.45, 2.75) is 12.1 Å². The summed E-state index contributed by atoms with van der Waals surface area (Å²) in [7, 11) is 0. The number of nitrogens with one attached hydrogen (secondary N) is 2. The predicted octanol–water partition coefficient (Wildman–Crippen LogP) is 5.77. The number of nitrogens with zero attached hydrogens (tertiary/aromatic N) is 3. The van der Waals surface area contributed by atoms with Crippen LogP contribution in [0.4, 0.5) is 11.4 Å². The number of pyridine rings is 1. The van der Waals surface area contributed by atoms with Gasteiger partial charge in [0.15, 0.2) is 11.7 Å². The Labute approximate surface area is 253 Å². The summed E-state index contributed by atoms with van der Waals surface area (Å²) in [4.78, 5) is 30.8. The molecule has 0 radical (unpaired) electrons. The summed E-state index contributed by atoms with van der Waals surface area (Å²) in [5.74, 6) is -0.647. The number of rotatable bonds is 9. The molecule has 9 nitrogen and oxygen atoms in total. The Morgan fingerprint density at radius 3 is 2.44 bits per heavy atom. The van der Waals surface area contributed by atoms with Crippen LogP contribution < -0.4 is 20.3 Å². The normalized spacial score (nSPS) is 16.0. The van der Waals surface area contributed by atoms with E-state index in [0.29, 0.717) is 22.2 Å². The van der Waals surface area contributed by atoms with Gasteiger partial charge < -0.3 is 29.9 Å². The Balaban J connectivity index is 1.30. The summed E-state index contributed by atoms with van der Waals surface area (Å²) in [6.45, 7) is -0.111. The fraction of sp³-hybridized carbons (Fsp3) is 0.0909. The zero-order valence-electron chi connectivity index (χ0n) is 22.8. The van der Waals surface area contributed by atoms with E-state index in [2.05, 4.69) is 15.6 Å². The van der Waals surface area contributed by atoms with E-state index in [1.165, 1.54) is 0 Å². The van der Waals surface area contributed by atoms with Gasteiger partial charge in [-0.25, -0.2) is 4.79 Å². The molecule has 2 aromatic heterocycles. The second kappa shape index (κ2) is 12.2. The molecule has 0 aliphatic carbocycles. The van der Waals surface area contributed by atoms with E-state index in [4.69, 9.17) is 17.0 Å². The highest BCUT2D eigenvalue weighted by atomic mass is 32.1. The highest BCUT2D eigenvalue weighted by molar-refractivity contribution is 7.80. The van der Waals surface area contributed by atoms with Crippen molar-refractivity contribution in [3.05, 3.63) is 139 Å². The van der Waals surface area contributed by atoms with Crippen molar-refractivity contribution in [3.63, 3.8) is 0 Å². The molecule has 2 unspecified atom stereocenters. The summed E-state index contributed by atoms with van der Waals surface area (Å²) in [5.41, 5.74) is 4.05. The van der Waals surface area contributed by atoms with Gasteiger partial charge >= 0.3 is 5.97 Å². The molecule has 1 amide bonds. The van der Waals surface area contributed by atoms with E-state index in [1.54, 1.807) is 36.5 Å². The van der Waals surface area contributed by atoms with Crippen LogP contribution >= 0.6 is 12.2 Å². The lowest BCUT2D eigenvalue weighted by Crippen LogP contribution is -2.30. The molecule has 5 aromatic rings. The average molecular weight is 590 g/mol. The van der Waals surface area contributed by atoms with E-state index in [1.807, 2.05) is 94.5 Å². The Kier molecular flexibility index (Phi) is 7.84. The van der Waals surface area contributed by atoms with Gasteiger partial charge in [-0.1, -0.05) is 30.3 Å². The molecule has 3 heterocycles. The molecule has 0 saturated carbocycles. The van der Waals surface area contributed by atoms with Crippen molar-refractivity contribution in [1.82, 2.24) is 14.9 Å². The number of thiocarbonyl (C=S) groups is 1.